The van der Waals surface area contributed by atoms with Crippen LogP contribution in [0.5, 0.6) is 0 Å². The Kier molecular flexibility index (Phi) is 10.7. The van der Waals surface area contributed by atoms with Crippen LogP contribution in [0.25, 0.3) is 0 Å². The molecule has 0 aliphatic carbocycles. The molecule has 0 unspecified atom stereocenters. The van der Waals surface area contributed by atoms with Crippen molar-refractivity contribution in [2.75, 3.05) is 56.9 Å². The summed E-state index contributed by atoms with van der Waals surface area (Å²) in [5, 5.41) is 6.50. The smallest absolute Gasteiger partial charge is 0.410 e. The number of nitrogens with zero attached hydrogens (tertiary/aromatic N) is 3. The molecule has 46 heavy (non-hydrogen) atoms. The molecular weight excluding hydrogens is 716 g/mol. The Morgan fingerprint density at radius 3 is 2.22 bits per heavy atom. The first kappa shape index (κ1) is 33.1. The maximum Gasteiger partial charge on any atom is 0.410 e. The SMILES string of the molecule is Nc1c(Br)cc(C[C@@H](OC(=O)N2CCC(N3CCc4ccccc4NC3=O)CC2)C(=O)N2CCC(C3CCNCC3)CC2)cc1Br. The van der Waals surface area contributed by atoms with Crippen LogP contribution in [0.2, 0.25) is 0 Å². The molecule has 0 aromatic heterocycles. The summed E-state index contributed by atoms with van der Waals surface area (Å²) in [5.41, 5.74) is 9.54. The third kappa shape index (κ3) is 7.65. The van der Waals surface area contributed by atoms with E-state index in [2.05, 4.69) is 42.5 Å². The molecule has 0 bridgehead atoms. The Balaban J connectivity index is 1.09. The molecule has 0 radical (unpaired) electrons. The summed E-state index contributed by atoms with van der Waals surface area (Å²) in [6.45, 7) is 5.07. The summed E-state index contributed by atoms with van der Waals surface area (Å²) in [7, 11) is 0. The number of nitrogens with one attached hydrogen (secondary N) is 2. The summed E-state index contributed by atoms with van der Waals surface area (Å²) in [6, 6.07) is 11.6. The molecule has 10 nitrogen and oxygen atoms in total. The number of piperidine rings is 3. The van der Waals surface area contributed by atoms with Crippen molar-refractivity contribution in [1.29, 1.82) is 0 Å². The summed E-state index contributed by atoms with van der Waals surface area (Å²) >= 11 is 7.02. The average molecular weight is 761 g/mol. The highest BCUT2D eigenvalue weighted by atomic mass is 79.9. The molecule has 4 heterocycles. The fourth-order valence-corrected chi connectivity index (χ4v) is 8.83. The number of nitrogens with two attached hydrogens (primary N) is 1. The van der Waals surface area contributed by atoms with Crippen molar-refractivity contribution in [3.63, 3.8) is 0 Å². The molecule has 0 spiro atoms. The van der Waals surface area contributed by atoms with E-state index >= 15 is 0 Å². The number of para-hydroxylation sites is 1. The number of benzene rings is 2. The third-order valence-corrected chi connectivity index (χ3v) is 11.6. The van der Waals surface area contributed by atoms with Gasteiger partial charge in [-0.25, -0.2) is 9.59 Å². The monoisotopic (exact) mass is 758 g/mol. The van der Waals surface area contributed by atoms with Gasteiger partial charge in [-0.15, -0.1) is 0 Å². The lowest BCUT2D eigenvalue weighted by Gasteiger charge is -2.39. The number of urea groups is 1. The van der Waals surface area contributed by atoms with Gasteiger partial charge in [0.05, 0.1) is 5.69 Å². The van der Waals surface area contributed by atoms with E-state index in [1.54, 1.807) is 4.90 Å². The second kappa shape index (κ2) is 14.9. The maximum atomic E-state index is 14.0. The van der Waals surface area contributed by atoms with Gasteiger partial charge in [0.1, 0.15) is 0 Å². The zero-order valence-corrected chi connectivity index (χ0v) is 29.4. The van der Waals surface area contributed by atoms with E-state index in [4.69, 9.17) is 10.5 Å². The number of halogens is 2. The van der Waals surface area contributed by atoms with Gasteiger partial charge < -0.3 is 35.8 Å². The summed E-state index contributed by atoms with van der Waals surface area (Å²) in [4.78, 5) is 46.1. The van der Waals surface area contributed by atoms with E-state index < -0.39 is 12.2 Å². The zero-order chi connectivity index (χ0) is 32.2. The Labute approximate surface area is 288 Å². The standard InChI is InChI=1S/C34H44Br2N6O4/c35-27-19-22(20-28(36)31(27)37)21-30(32(43)40-14-7-24(8-15-40)23-5-12-38-13-6-23)46-34(45)41-16-10-26(11-17-41)42-18-9-25-3-1-2-4-29(25)39-33(42)44/h1-4,19-20,23-24,26,30,38H,5-18,21,37H2,(H,39,44)/t30-/m1/s1. The van der Waals surface area contributed by atoms with E-state index in [-0.39, 0.29) is 24.4 Å². The molecule has 248 valence electrons. The summed E-state index contributed by atoms with van der Waals surface area (Å²) in [5.74, 6) is 1.21. The topological polar surface area (TPSA) is 120 Å². The van der Waals surface area contributed by atoms with Crippen molar-refractivity contribution in [1.82, 2.24) is 20.0 Å². The molecule has 2 aromatic rings. The van der Waals surface area contributed by atoms with E-state index in [1.807, 2.05) is 46.2 Å². The van der Waals surface area contributed by atoms with Gasteiger partial charge in [0.25, 0.3) is 5.91 Å². The first-order valence-corrected chi connectivity index (χ1v) is 18.2. The van der Waals surface area contributed by atoms with Gasteiger partial charge in [0.15, 0.2) is 6.10 Å². The van der Waals surface area contributed by atoms with E-state index in [9.17, 15) is 14.4 Å². The summed E-state index contributed by atoms with van der Waals surface area (Å²) < 4.78 is 7.50. The number of anilines is 2. The normalized spacial score (nSPS) is 20.9. The Hall–Kier alpha value is -2.83. The van der Waals surface area contributed by atoms with Crippen LogP contribution in [-0.4, -0.2) is 90.7 Å². The fourth-order valence-electron chi connectivity index (χ4n) is 7.55. The van der Waals surface area contributed by atoms with Gasteiger partial charge in [-0.05, 0) is 131 Å². The van der Waals surface area contributed by atoms with Crippen LogP contribution in [0.3, 0.4) is 0 Å². The minimum absolute atomic E-state index is 0.0292. The minimum atomic E-state index is -0.946. The Bertz CT molecular complexity index is 1400. The number of rotatable bonds is 6. The molecule has 0 saturated carbocycles. The molecule has 2 aromatic carbocycles. The lowest BCUT2D eigenvalue weighted by Crippen LogP contribution is -2.52. The van der Waals surface area contributed by atoms with Crippen molar-refractivity contribution < 1.29 is 19.1 Å². The minimum Gasteiger partial charge on any atom is -0.436 e. The van der Waals surface area contributed by atoms with Crippen LogP contribution in [0.4, 0.5) is 21.0 Å². The molecule has 4 amide bonds. The Morgan fingerprint density at radius 2 is 1.52 bits per heavy atom. The van der Waals surface area contributed by atoms with Gasteiger partial charge in [0.2, 0.25) is 0 Å². The predicted molar refractivity (Wildman–Crippen MR) is 186 cm³/mol. The number of hydrogen-bond acceptors (Lipinski definition) is 6. The first-order valence-electron chi connectivity index (χ1n) is 16.6. The lowest BCUT2D eigenvalue weighted by molar-refractivity contribution is -0.142. The molecule has 4 aliphatic rings. The Morgan fingerprint density at radius 1 is 0.891 bits per heavy atom. The maximum absolute atomic E-state index is 14.0. The zero-order valence-electron chi connectivity index (χ0n) is 26.2. The number of hydrogen-bond donors (Lipinski definition) is 3. The quantitative estimate of drug-likeness (QED) is 0.329. The van der Waals surface area contributed by atoms with Crippen molar-refractivity contribution in [2.24, 2.45) is 11.8 Å². The number of nitrogen functional groups attached to an aromatic ring is 1. The van der Waals surface area contributed by atoms with Crippen LogP contribution in [0.1, 0.15) is 49.7 Å². The largest absolute Gasteiger partial charge is 0.436 e. The van der Waals surface area contributed by atoms with Gasteiger partial charge in [-0.3, -0.25) is 4.79 Å². The lowest BCUT2D eigenvalue weighted by atomic mass is 9.79. The molecule has 3 saturated heterocycles. The molecule has 4 aliphatic heterocycles. The van der Waals surface area contributed by atoms with E-state index in [0.717, 1.165) is 64.0 Å². The number of fused-ring (bicyclic) bond motifs is 1. The number of carbonyl (C=O) groups is 3. The van der Waals surface area contributed by atoms with Crippen molar-refractivity contribution in [3.8, 4) is 0 Å². The van der Waals surface area contributed by atoms with Crippen molar-refractivity contribution in [3.05, 3.63) is 56.5 Å². The van der Waals surface area contributed by atoms with Crippen LogP contribution >= 0.6 is 31.9 Å². The van der Waals surface area contributed by atoms with E-state index in [1.165, 1.54) is 12.8 Å². The molecule has 6 rings (SSSR count). The van der Waals surface area contributed by atoms with Gasteiger partial charge in [-0.1, -0.05) is 18.2 Å². The highest BCUT2D eigenvalue weighted by molar-refractivity contribution is 9.11. The van der Waals surface area contributed by atoms with Crippen LogP contribution in [-0.2, 0) is 22.4 Å². The molecule has 4 N–H and O–H groups in total. The van der Waals surface area contributed by atoms with Gasteiger partial charge >= 0.3 is 12.1 Å². The second-order valence-electron chi connectivity index (χ2n) is 13.0. The molecular formula is C34H44Br2N6O4. The van der Waals surface area contributed by atoms with Gasteiger partial charge in [0, 0.05) is 59.8 Å². The third-order valence-electron chi connectivity index (χ3n) is 10.3. The van der Waals surface area contributed by atoms with Gasteiger partial charge in [-0.2, -0.15) is 0 Å². The molecule has 12 heteroatoms. The molecule has 1 atom stereocenters. The second-order valence-corrected chi connectivity index (χ2v) is 14.8. The van der Waals surface area contributed by atoms with Crippen LogP contribution in [0, 0.1) is 11.8 Å². The summed E-state index contributed by atoms with van der Waals surface area (Å²) in [6.07, 6.45) is 5.28. The number of amides is 4. The first-order chi connectivity index (χ1) is 22.3. The average Bonchev–Trinajstić information content (AvgIpc) is 3.25. The number of likely N-dealkylation sites (tertiary alicyclic amines) is 2. The van der Waals surface area contributed by atoms with Crippen molar-refractivity contribution in [2.45, 2.75) is 63.5 Å². The highest BCUT2D eigenvalue weighted by Gasteiger charge is 2.36. The highest BCUT2D eigenvalue weighted by Crippen LogP contribution is 2.33. The fraction of sp³-hybridized carbons (Fsp3) is 0.559. The van der Waals surface area contributed by atoms with Crippen LogP contribution in [0.15, 0.2) is 45.3 Å². The van der Waals surface area contributed by atoms with Crippen LogP contribution < -0.4 is 16.4 Å². The van der Waals surface area contributed by atoms with E-state index in [0.29, 0.717) is 57.2 Å². The predicted octanol–water partition coefficient (Wildman–Crippen LogP) is 5.63. The van der Waals surface area contributed by atoms with Crippen molar-refractivity contribution >= 4 is 61.3 Å². The number of carbonyl (C=O) groups excluding carboxylic acids is 3. The molecule has 3 fully saturated rings. The number of ether oxygens (including phenoxy) is 1.